The number of aromatic nitrogens is 2. The van der Waals surface area contributed by atoms with Crippen molar-refractivity contribution in [3.63, 3.8) is 0 Å². The minimum absolute atomic E-state index is 0.0507. The summed E-state index contributed by atoms with van der Waals surface area (Å²) in [5.74, 6) is -0.148. The van der Waals surface area contributed by atoms with Crippen LogP contribution < -0.4 is 5.32 Å². The van der Waals surface area contributed by atoms with Gasteiger partial charge < -0.3 is 10.4 Å². The molecule has 0 aliphatic carbocycles. The third kappa shape index (κ3) is 3.25. The third-order valence-corrected chi connectivity index (χ3v) is 1.55. The summed E-state index contributed by atoms with van der Waals surface area (Å²) in [6.07, 6.45) is 3.33. The Morgan fingerprint density at radius 1 is 1.77 bits per heavy atom. The van der Waals surface area contributed by atoms with E-state index in [2.05, 4.69) is 10.4 Å². The minimum Gasteiger partial charge on any atom is -0.394 e. The van der Waals surface area contributed by atoms with E-state index < -0.39 is 0 Å². The Balaban J connectivity index is 2.34. The Morgan fingerprint density at radius 3 is 3.08 bits per heavy atom. The molecule has 5 heteroatoms. The van der Waals surface area contributed by atoms with Crippen molar-refractivity contribution in [2.75, 3.05) is 6.61 Å². The molecule has 13 heavy (non-hydrogen) atoms. The number of carbonyl (C=O) groups excluding carboxylic acids is 1. The lowest BCUT2D eigenvalue weighted by atomic mass is 10.3. The highest BCUT2D eigenvalue weighted by Gasteiger charge is 2.05. The second-order valence-electron chi connectivity index (χ2n) is 2.85. The molecule has 0 aliphatic heterocycles. The fraction of sp³-hybridized carbons (Fsp3) is 0.500. The van der Waals surface area contributed by atoms with Gasteiger partial charge in [0.2, 0.25) is 5.91 Å². The van der Waals surface area contributed by atoms with Crippen LogP contribution in [0.15, 0.2) is 18.5 Å². The number of hydrogen-bond donors (Lipinski definition) is 2. The number of aliphatic hydroxyl groups excluding tert-OH is 1. The molecule has 0 bridgehead atoms. The summed E-state index contributed by atoms with van der Waals surface area (Å²) in [6, 6.07) is 1.55. The van der Waals surface area contributed by atoms with Crippen molar-refractivity contribution in [1.82, 2.24) is 15.1 Å². The van der Waals surface area contributed by atoms with Gasteiger partial charge >= 0.3 is 0 Å². The number of carbonyl (C=O) groups is 1. The van der Waals surface area contributed by atoms with E-state index in [0.717, 1.165) is 0 Å². The second-order valence-corrected chi connectivity index (χ2v) is 2.85. The summed E-state index contributed by atoms with van der Waals surface area (Å²) in [4.78, 5) is 11.2. The monoisotopic (exact) mass is 183 g/mol. The maximum absolute atomic E-state index is 11.2. The van der Waals surface area contributed by atoms with Gasteiger partial charge in [-0.15, -0.1) is 0 Å². The molecule has 1 aromatic rings. The lowest BCUT2D eigenvalue weighted by Crippen LogP contribution is -2.37. The molecule has 1 aromatic heterocycles. The van der Waals surface area contributed by atoms with Crippen LogP contribution in [0.25, 0.3) is 0 Å². The Kier molecular flexibility index (Phi) is 3.45. The topological polar surface area (TPSA) is 67.2 Å². The molecule has 5 nitrogen and oxygen atoms in total. The van der Waals surface area contributed by atoms with E-state index in [1.807, 2.05) is 0 Å². The number of nitrogens with one attached hydrogen (secondary N) is 1. The van der Waals surface area contributed by atoms with Gasteiger partial charge in [0, 0.05) is 18.4 Å². The molecule has 1 atom stereocenters. The summed E-state index contributed by atoms with van der Waals surface area (Å²) in [7, 11) is 0. The number of nitrogens with zero attached hydrogens (tertiary/aromatic N) is 2. The molecule has 1 amide bonds. The highest BCUT2D eigenvalue weighted by molar-refractivity contribution is 5.75. The minimum atomic E-state index is -0.205. The fourth-order valence-corrected chi connectivity index (χ4v) is 0.907. The molecule has 0 unspecified atom stereocenters. The Bertz CT molecular complexity index is 258. The first-order chi connectivity index (χ1) is 6.22. The molecule has 0 aliphatic rings. The first-order valence-electron chi connectivity index (χ1n) is 4.10. The normalized spacial score (nSPS) is 12.5. The lowest BCUT2D eigenvalue weighted by Gasteiger charge is -2.10. The average molecular weight is 183 g/mol. The smallest absolute Gasteiger partial charge is 0.242 e. The molecule has 0 spiro atoms. The van der Waals surface area contributed by atoms with E-state index in [4.69, 9.17) is 5.11 Å². The second kappa shape index (κ2) is 4.61. The van der Waals surface area contributed by atoms with Crippen molar-refractivity contribution >= 4 is 5.91 Å². The van der Waals surface area contributed by atoms with Gasteiger partial charge in [-0.25, -0.2) is 0 Å². The number of rotatable bonds is 4. The van der Waals surface area contributed by atoms with Gasteiger partial charge in [0.05, 0.1) is 6.61 Å². The van der Waals surface area contributed by atoms with E-state index in [-0.39, 0.29) is 25.1 Å². The van der Waals surface area contributed by atoms with Crippen molar-refractivity contribution in [1.29, 1.82) is 0 Å². The van der Waals surface area contributed by atoms with Gasteiger partial charge in [0.25, 0.3) is 0 Å². The number of hydrogen-bond acceptors (Lipinski definition) is 3. The van der Waals surface area contributed by atoms with Crippen molar-refractivity contribution in [2.45, 2.75) is 19.5 Å². The van der Waals surface area contributed by atoms with Crippen LogP contribution in [0, 0.1) is 0 Å². The quantitative estimate of drug-likeness (QED) is 0.653. The van der Waals surface area contributed by atoms with E-state index >= 15 is 0 Å². The van der Waals surface area contributed by atoms with Gasteiger partial charge in [-0.1, -0.05) is 0 Å². The van der Waals surface area contributed by atoms with Gasteiger partial charge in [0.15, 0.2) is 0 Å². The molecule has 0 fully saturated rings. The molecule has 0 saturated carbocycles. The van der Waals surface area contributed by atoms with Crippen LogP contribution in [-0.4, -0.2) is 33.4 Å². The third-order valence-electron chi connectivity index (χ3n) is 1.55. The van der Waals surface area contributed by atoms with Gasteiger partial charge in [-0.3, -0.25) is 9.48 Å². The summed E-state index contributed by atoms with van der Waals surface area (Å²) < 4.78 is 1.53. The van der Waals surface area contributed by atoms with Gasteiger partial charge in [-0.2, -0.15) is 5.10 Å². The van der Waals surface area contributed by atoms with Gasteiger partial charge in [-0.05, 0) is 13.0 Å². The Labute approximate surface area is 76.4 Å². The average Bonchev–Trinajstić information content (AvgIpc) is 2.56. The van der Waals surface area contributed by atoms with Crippen molar-refractivity contribution in [3.05, 3.63) is 18.5 Å². The maximum atomic E-state index is 11.2. The molecular formula is C8H13N3O2. The number of amides is 1. The highest BCUT2D eigenvalue weighted by Crippen LogP contribution is 1.85. The molecule has 0 saturated heterocycles. The fourth-order valence-electron chi connectivity index (χ4n) is 0.907. The zero-order valence-corrected chi connectivity index (χ0v) is 7.47. The molecular weight excluding hydrogens is 170 g/mol. The van der Waals surface area contributed by atoms with Crippen LogP contribution in [-0.2, 0) is 11.3 Å². The molecule has 0 aromatic carbocycles. The molecule has 0 radical (unpaired) electrons. The zero-order chi connectivity index (χ0) is 9.68. The van der Waals surface area contributed by atoms with Gasteiger partial charge in [0.1, 0.15) is 6.54 Å². The van der Waals surface area contributed by atoms with Crippen molar-refractivity contribution in [2.24, 2.45) is 0 Å². The lowest BCUT2D eigenvalue weighted by molar-refractivity contribution is -0.122. The van der Waals surface area contributed by atoms with E-state index in [9.17, 15) is 4.79 Å². The standard InChI is InChI=1S/C8H13N3O2/c1-7(6-12)10-8(13)5-11-4-2-3-9-11/h2-4,7,12H,5-6H2,1H3,(H,10,13)/t7-/m1/s1. The highest BCUT2D eigenvalue weighted by atomic mass is 16.3. The van der Waals surface area contributed by atoms with E-state index in [0.29, 0.717) is 0 Å². The summed E-state index contributed by atoms with van der Waals surface area (Å²) in [5.41, 5.74) is 0. The van der Waals surface area contributed by atoms with Crippen LogP contribution in [0.1, 0.15) is 6.92 Å². The van der Waals surface area contributed by atoms with E-state index in [1.165, 1.54) is 4.68 Å². The van der Waals surface area contributed by atoms with Crippen LogP contribution in [0.3, 0.4) is 0 Å². The molecule has 1 heterocycles. The number of aliphatic hydroxyl groups is 1. The Morgan fingerprint density at radius 2 is 2.54 bits per heavy atom. The summed E-state index contributed by atoms with van der Waals surface area (Å²) >= 11 is 0. The van der Waals surface area contributed by atoms with Crippen LogP contribution in [0.4, 0.5) is 0 Å². The van der Waals surface area contributed by atoms with Crippen molar-refractivity contribution in [3.8, 4) is 0 Å². The van der Waals surface area contributed by atoms with Crippen LogP contribution >= 0.6 is 0 Å². The molecule has 2 N–H and O–H groups in total. The van der Waals surface area contributed by atoms with Crippen molar-refractivity contribution < 1.29 is 9.90 Å². The first kappa shape index (κ1) is 9.73. The Hall–Kier alpha value is -1.36. The summed E-state index contributed by atoms with van der Waals surface area (Å²) in [5, 5.41) is 15.2. The zero-order valence-electron chi connectivity index (χ0n) is 7.47. The molecule has 72 valence electrons. The predicted molar refractivity (Wildman–Crippen MR) is 46.9 cm³/mol. The molecule has 1 rings (SSSR count). The van der Waals surface area contributed by atoms with Crippen LogP contribution in [0.5, 0.6) is 0 Å². The largest absolute Gasteiger partial charge is 0.394 e. The summed E-state index contributed by atoms with van der Waals surface area (Å²) in [6.45, 7) is 1.88. The maximum Gasteiger partial charge on any atom is 0.242 e. The van der Waals surface area contributed by atoms with Crippen LogP contribution in [0.2, 0.25) is 0 Å². The van der Waals surface area contributed by atoms with E-state index in [1.54, 1.807) is 25.4 Å². The predicted octanol–water partition coefficient (Wildman–Crippen LogP) is -0.620. The SMILES string of the molecule is C[C@H](CO)NC(=O)Cn1cccn1. The first-order valence-corrected chi connectivity index (χ1v) is 4.10.